The molecule has 1 rings (SSSR count). The summed E-state index contributed by atoms with van der Waals surface area (Å²) in [5, 5.41) is 0. The van der Waals surface area contributed by atoms with Crippen molar-refractivity contribution >= 4 is 5.69 Å². The molecule has 0 aliphatic rings. The van der Waals surface area contributed by atoms with Gasteiger partial charge in [-0.2, -0.15) is 4.98 Å². The fourth-order valence-electron chi connectivity index (χ4n) is 0.641. The van der Waals surface area contributed by atoms with Gasteiger partial charge in [0.2, 0.25) is 0 Å². The molecule has 0 saturated carbocycles. The Kier molecular flexibility index (Phi) is 1.71. The van der Waals surface area contributed by atoms with E-state index in [-0.39, 0.29) is 11.2 Å². The van der Waals surface area contributed by atoms with E-state index in [1.54, 1.807) is 10.8 Å². The molecule has 0 spiro atoms. The molecule has 1 aromatic heterocycles. The molecule has 1 heterocycles. The van der Waals surface area contributed by atoms with E-state index in [4.69, 9.17) is 5.73 Å². The van der Waals surface area contributed by atoms with Crippen LogP contribution in [0.15, 0.2) is 17.3 Å². The van der Waals surface area contributed by atoms with Gasteiger partial charge in [-0.3, -0.25) is 4.79 Å². The number of aryl methyl sites for hydroxylation is 1. The quantitative estimate of drug-likeness (QED) is 0.588. The number of anilines is 1. The summed E-state index contributed by atoms with van der Waals surface area (Å²) >= 11 is 0. The topological polar surface area (TPSA) is 60.9 Å². The Labute approximate surface area is 58.3 Å². The molecule has 0 saturated heterocycles. The molecule has 2 N–H and O–H groups in total. The first-order valence-electron chi connectivity index (χ1n) is 3.05. The predicted octanol–water partition coefficient (Wildman–Crippen LogP) is -0.155. The molecule has 0 aliphatic heterocycles. The Balaban J connectivity index is 3.17. The Morgan fingerprint density at radius 3 is 3.00 bits per heavy atom. The number of hydrogen-bond acceptors (Lipinski definition) is 3. The highest BCUT2D eigenvalue weighted by Gasteiger charge is 1.92. The molecular weight excluding hydrogens is 130 g/mol. The molecule has 0 atom stereocenters. The predicted molar refractivity (Wildman–Crippen MR) is 38.6 cm³/mol. The first-order chi connectivity index (χ1) is 4.74. The van der Waals surface area contributed by atoms with Crippen LogP contribution >= 0.6 is 0 Å². The van der Waals surface area contributed by atoms with Crippen LogP contribution in [-0.4, -0.2) is 9.55 Å². The van der Waals surface area contributed by atoms with E-state index in [1.165, 1.54) is 6.33 Å². The van der Waals surface area contributed by atoms with E-state index >= 15 is 0 Å². The smallest absolute Gasteiger partial charge is 0.295 e. The summed E-state index contributed by atoms with van der Waals surface area (Å²) < 4.78 is 1.75. The lowest BCUT2D eigenvalue weighted by Gasteiger charge is -1.99. The van der Waals surface area contributed by atoms with Gasteiger partial charge in [0.1, 0.15) is 5.69 Å². The third-order valence-electron chi connectivity index (χ3n) is 1.24. The average Bonchev–Trinajstić information content (AvgIpc) is 1.95. The summed E-state index contributed by atoms with van der Waals surface area (Å²) in [6.07, 6.45) is 3.05. The molecule has 10 heavy (non-hydrogen) atoms. The zero-order valence-electron chi connectivity index (χ0n) is 5.74. The van der Waals surface area contributed by atoms with Crippen molar-refractivity contribution in [2.75, 3.05) is 5.73 Å². The number of nitrogens with two attached hydrogens (primary N) is 1. The van der Waals surface area contributed by atoms with E-state index in [0.717, 1.165) is 6.54 Å². The first kappa shape index (κ1) is 6.80. The van der Waals surface area contributed by atoms with Crippen LogP contribution in [-0.2, 0) is 6.54 Å². The zero-order chi connectivity index (χ0) is 7.56. The van der Waals surface area contributed by atoms with Crippen LogP contribution in [0.4, 0.5) is 5.69 Å². The lowest BCUT2D eigenvalue weighted by molar-refractivity contribution is 0.732. The Morgan fingerprint density at radius 2 is 2.50 bits per heavy atom. The van der Waals surface area contributed by atoms with Gasteiger partial charge >= 0.3 is 0 Å². The van der Waals surface area contributed by atoms with E-state index in [9.17, 15) is 4.79 Å². The molecule has 4 nitrogen and oxygen atoms in total. The summed E-state index contributed by atoms with van der Waals surface area (Å²) in [4.78, 5) is 14.2. The second kappa shape index (κ2) is 2.51. The average molecular weight is 139 g/mol. The SMILES string of the molecule is CCn1cnc(=O)c(N)c1. The largest absolute Gasteiger partial charge is 0.393 e. The number of rotatable bonds is 1. The summed E-state index contributed by atoms with van der Waals surface area (Å²) in [6, 6.07) is 0. The van der Waals surface area contributed by atoms with Gasteiger partial charge in [0, 0.05) is 12.7 Å². The van der Waals surface area contributed by atoms with Gasteiger partial charge in [-0.05, 0) is 6.92 Å². The van der Waals surface area contributed by atoms with Gasteiger partial charge in [-0.1, -0.05) is 0 Å². The standard InChI is InChI=1S/C6H9N3O/c1-2-9-3-5(7)6(10)8-4-9/h3-4H,2,7H2,1H3. The second-order valence-electron chi connectivity index (χ2n) is 1.96. The fourth-order valence-corrected chi connectivity index (χ4v) is 0.641. The van der Waals surface area contributed by atoms with Crippen molar-refractivity contribution < 1.29 is 0 Å². The van der Waals surface area contributed by atoms with Crippen molar-refractivity contribution in [2.45, 2.75) is 13.5 Å². The molecule has 0 radical (unpaired) electrons. The van der Waals surface area contributed by atoms with Gasteiger partial charge in [0.05, 0.1) is 6.33 Å². The molecule has 0 amide bonds. The van der Waals surface area contributed by atoms with Crippen molar-refractivity contribution in [1.82, 2.24) is 9.55 Å². The number of hydrogen-bond donors (Lipinski definition) is 1. The van der Waals surface area contributed by atoms with Crippen LogP contribution in [0.3, 0.4) is 0 Å². The molecule has 54 valence electrons. The van der Waals surface area contributed by atoms with E-state index < -0.39 is 0 Å². The van der Waals surface area contributed by atoms with E-state index in [1.807, 2.05) is 6.92 Å². The lowest BCUT2D eigenvalue weighted by Crippen LogP contribution is -2.14. The van der Waals surface area contributed by atoms with Crippen molar-refractivity contribution in [3.8, 4) is 0 Å². The van der Waals surface area contributed by atoms with Gasteiger partial charge in [-0.25, -0.2) is 0 Å². The minimum atomic E-state index is -0.357. The normalized spacial score (nSPS) is 9.70. The van der Waals surface area contributed by atoms with Gasteiger partial charge in [-0.15, -0.1) is 0 Å². The Hall–Kier alpha value is -1.32. The van der Waals surface area contributed by atoms with E-state index in [0.29, 0.717) is 0 Å². The highest BCUT2D eigenvalue weighted by Crippen LogP contribution is 1.88. The molecule has 0 bridgehead atoms. The third kappa shape index (κ3) is 1.15. The maximum absolute atomic E-state index is 10.6. The third-order valence-corrected chi connectivity index (χ3v) is 1.24. The van der Waals surface area contributed by atoms with Crippen LogP contribution < -0.4 is 11.3 Å². The summed E-state index contributed by atoms with van der Waals surface area (Å²) in [7, 11) is 0. The molecule has 4 heteroatoms. The number of aromatic nitrogens is 2. The lowest BCUT2D eigenvalue weighted by atomic mass is 10.5. The van der Waals surface area contributed by atoms with Gasteiger partial charge in [0.25, 0.3) is 5.56 Å². The van der Waals surface area contributed by atoms with Gasteiger partial charge in [0.15, 0.2) is 0 Å². The van der Waals surface area contributed by atoms with Crippen molar-refractivity contribution in [2.24, 2.45) is 0 Å². The molecule has 0 fully saturated rings. The number of nitrogen functional groups attached to an aromatic ring is 1. The molecule has 0 aliphatic carbocycles. The van der Waals surface area contributed by atoms with E-state index in [2.05, 4.69) is 4.98 Å². The molecule has 1 aromatic rings. The van der Waals surface area contributed by atoms with Crippen LogP contribution in [0.25, 0.3) is 0 Å². The minimum absolute atomic E-state index is 0.198. The molecule has 0 aromatic carbocycles. The van der Waals surface area contributed by atoms with Gasteiger partial charge < -0.3 is 10.3 Å². The summed E-state index contributed by atoms with van der Waals surface area (Å²) in [6.45, 7) is 2.73. The highest BCUT2D eigenvalue weighted by atomic mass is 16.1. The Morgan fingerprint density at radius 1 is 1.80 bits per heavy atom. The van der Waals surface area contributed by atoms with Crippen LogP contribution in [0.5, 0.6) is 0 Å². The van der Waals surface area contributed by atoms with Crippen molar-refractivity contribution in [1.29, 1.82) is 0 Å². The zero-order valence-corrected chi connectivity index (χ0v) is 5.74. The van der Waals surface area contributed by atoms with Crippen molar-refractivity contribution in [3.63, 3.8) is 0 Å². The monoisotopic (exact) mass is 139 g/mol. The Bertz CT molecular complexity index is 279. The van der Waals surface area contributed by atoms with Crippen LogP contribution in [0.1, 0.15) is 6.92 Å². The maximum Gasteiger partial charge on any atom is 0.295 e. The first-order valence-corrected chi connectivity index (χ1v) is 3.05. The van der Waals surface area contributed by atoms with Crippen LogP contribution in [0.2, 0.25) is 0 Å². The highest BCUT2D eigenvalue weighted by molar-refractivity contribution is 5.29. The van der Waals surface area contributed by atoms with Crippen LogP contribution in [0, 0.1) is 0 Å². The second-order valence-corrected chi connectivity index (χ2v) is 1.96. The molecular formula is C6H9N3O. The summed E-state index contributed by atoms with van der Waals surface area (Å²) in [5.74, 6) is 0. The summed E-state index contributed by atoms with van der Waals surface area (Å²) in [5.41, 5.74) is 5.14. The molecule has 0 unspecified atom stereocenters. The maximum atomic E-state index is 10.6. The fraction of sp³-hybridized carbons (Fsp3) is 0.333. The minimum Gasteiger partial charge on any atom is -0.393 e. The number of nitrogens with zero attached hydrogens (tertiary/aromatic N) is 2. The van der Waals surface area contributed by atoms with Crippen molar-refractivity contribution in [3.05, 3.63) is 22.9 Å².